The summed E-state index contributed by atoms with van der Waals surface area (Å²) < 4.78 is 4.56. The molecule has 212 valence electrons. The summed E-state index contributed by atoms with van der Waals surface area (Å²) in [6, 6.07) is 10.4. The fourth-order valence-electron chi connectivity index (χ4n) is 7.67. The fourth-order valence-corrected chi connectivity index (χ4v) is 18.2. The predicted octanol–water partition coefficient (Wildman–Crippen LogP) is 5.59. The van der Waals surface area contributed by atoms with E-state index in [0.29, 0.717) is 23.7 Å². The molecule has 1 heterocycles. The van der Waals surface area contributed by atoms with Crippen molar-refractivity contribution in [3.8, 4) is 0 Å². The van der Waals surface area contributed by atoms with Gasteiger partial charge in [-0.1, -0.05) is 0 Å². The van der Waals surface area contributed by atoms with Crippen LogP contribution in [0.2, 0.25) is 9.45 Å². The van der Waals surface area contributed by atoms with Gasteiger partial charge in [0.2, 0.25) is 0 Å². The predicted molar refractivity (Wildman–Crippen MR) is 161 cm³/mol. The number of hydrogen-bond donors (Lipinski definition) is 0. The molecule has 0 radical (unpaired) electrons. The SMILES string of the molecule is CCC1=Cc2c(C(C)C)cc(C(C)C)cc2[CH]1[Ti+2]1([CH]2C(CC)=Cc3c(C(C)C)cc(C(C)C)cc32)[CH2][CH2]1.[Cl-].[Cl-]. The average molecular weight is 602 g/mol. The van der Waals surface area contributed by atoms with Crippen molar-refractivity contribution in [1.82, 2.24) is 0 Å². The molecule has 1 aliphatic heterocycles. The second-order valence-corrected chi connectivity index (χ2v) is 20.8. The van der Waals surface area contributed by atoms with Crippen LogP contribution in [0.3, 0.4) is 0 Å². The molecule has 2 aromatic rings. The molecular formula is C36H50Cl2Ti. The van der Waals surface area contributed by atoms with E-state index in [-0.39, 0.29) is 24.8 Å². The molecule has 2 unspecified atom stereocenters. The van der Waals surface area contributed by atoms with Gasteiger partial charge in [0.1, 0.15) is 0 Å². The molecule has 0 N–H and O–H groups in total. The molecule has 0 aromatic heterocycles. The van der Waals surface area contributed by atoms with E-state index in [1.165, 1.54) is 22.3 Å². The number of rotatable bonds is 8. The summed E-state index contributed by atoms with van der Waals surface area (Å²) >= 11 is -2.31. The zero-order chi connectivity index (χ0) is 26.8. The number of benzene rings is 2. The number of halogens is 2. The first-order valence-electron chi connectivity index (χ1n) is 15.3. The van der Waals surface area contributed by atoms with E-state index < -0.39 is 16.6 Å². The monoisotopic (exact) mass is 600 g/mol. The topological polar surface area (TPSA) is 0 Å². The molecule has 3 heteroatoms. The third-order valence-corrected chi connectivity index (χ3v) is 18.2. The summed E-state index contributed by atoms with van der Waals surface area (Å²) in [6.07, 6.45) is 7.74. The van der Waals surface area contributed by atoms with Crippen molar-refractivity contribution in [1.29, 1.82) is 0 Å². The van der Waals surface area contributed by atoms with Crippen molar-refractivity contribution < 1.29 is 41.4 Å². The molecule has 3 aliphatic rings. The third kappa shape index (κ3) is 5.43. The zero-order valence-corrected chi connectivity index (χ0v) is 29.1. The van der Waals surface area contributed by atoms with Crippen LogP contribution in [0.15, 0.2) is 35.4 Å². The minimum atomic E-state index is -2.31. The molecule has 0 spiro atoms. The first kappa shape index (κ1) is 32.7. The van der Waals surface area contributed by atoms with Crippen LogP contribution in [-0.4, -0.2) is 0 Å². The Bertz CT molecular complexity index is 1180. The molecule has 1 saturated heterocycles. The Morgan fingerprint density at radius 1 is 0.590 bits per heavy atom. The van der Waals surface area contributed by atoms with Gasteiger partial charge in [0.25, 0.3) is 0 Å². The Morgan fingerprint density at radius 2 is 0.949 bits per heavy atom. The minimum absolute atomic E-state index is 0. The Labute approximate surface area is 255 Å². The van der Waals surface area contributed by atoms with Gasteiger partial charge in [0.15, 0.2) is 0 Å². The van der Waals surface area contributed by atoms with Crippen molar-refractivity contribution in [3.63, 3.8) is 0 Å². The summed E-state index contributed by atoms with van der Waals surface area (Å²) in [4.78, 5) is 0. The van der Waals surface area contributed by atoms with Crippen LogP contribution in [0.1, 0.15) is 159 Å². The van der Waals surface area contributed by atoms with Gasteiger partial charge in [-0.15, -0.1) is 0 Å². The molecule has 0 saturated carbocycles. The Balaban J connectivity index is 0.00000210. The average Bonchev–Trinajstić information content (AvgIpc) is 3.39. The van der Waals surface area contributed by atoms with Crippen LogP contribution < -0.4 is 24.8 Å². The van der Waals surface area contributed by atoms with E-state index in [2.05, 4.69) is 106 Å². The second kappa shape index (κ2) is 12.2. The molecule has 0 amide bonds. The van der Waals surface area contributed by atoms with Crippen molar-refractivity contribution in [2.45, 2.75) is 124 Å². The van der Waals surface area contributed by atoms with Gasteiger partial charge in [-0.2, -0.15) is 0 Å². The minimum Gasteiger partial charge on any atom is -1.00 e. The van der Waals surface area contributed by atoms with Crippen LogP contribution in [0.25, 0.3) is 12.2 Å². The van der Waals surface area contributed by atoms with Gasteiger partial charge >= 0.3 is 232 Å². The van der Waals surface area contributed by atoms with E-state index in [4.69, 9.17) is 0 Å². The molecule has 2 aromatic carbocycles. The van der Waals surface area contributed by atoms with Crippen molar-refractivity contribution in [2.75, 3.05) is 0 Å². The maximum atomic E-state index is 2.67. The number of hydrogen-bond acceptors (Lipinski definition) is 0. The van der Waals surface area contributed by atoms with Crippen LogP contribution in [0.4, 0.5) is 0 Å². The summed E-state index contributed by atoms with van der Waals surface area (Å²) in [7, 11) is 0. The van der Waals surface area contributed by atoms with Gasteiger partial charge in [-0.05, 0) is 0 Å². The van der Waals surface area contributed by atoms with Gasteiger partial charge < -0.3 is 24.8 Å². The molecule has 39 heavy (non-hydrogen) atoms. The quantitative estimate of drug-likeness (QED) is 0.347. The third-order valence-electron chi connectivity index (χ3n) is 9.93. The van der Waals surface area contributed by atoms with Crippen LogP contribution in [-0.2, 0) is 16.6 Å². The van der Waals surface area contributed by atoms with Crippen molar-refractivity contribution in [2.24, 2.45) is 0 Å². The normalized spacial score (nSPS) is 19.7. The maximum absolute atomic E-state index is 2.67. The van der Waals surface area contributed by atoms with E-state index in [0.717, 1.165) is 8.45 Å². The number of allylic oxidation sites excluding steroid dienone is 2. The summed E-state index contributed by atoms with van der Waals surface area (Å²) in [5.74, 6) is 2.31. The molecular weight excluding hydrogens is 551 g/mol. The molecule has 0 bridgehead atoms. The van der Waals surface area contributed by atoms with Crippen molar-refractivity contribution >= 4 is 12.2 Å². The fraction of sp³-hybridized carbons (Fsp3) is 0.556. The van der Waals surface area contributed by atoms with Crippen LogP contribution >= 0.6 is 0 Å². The number of fused-ring (bicyclic) bond motifs is 2. The zero-order valence-electron chi connectivity index (χ0n) is 26.0. The first-order chi connectivity index (χ1) is 17.5. The molecule has 2 atom stereocenters. The van der Waals surface area contributed by atoms with Gasteiger partial charge in [0, 0.05) is 0 Å². The maximum Gasteiger partial charge on any atom is -1.00 e. The van der Waals surface area contributed by atoms with E-state index in [1.54, 1.807) is 55.7 Å². The van der Waals surface area contributed by atoms with Crippen LogP contribution in [0, 0.1) is 0 Å². The van der Waals surface area contributed by atoms with Crippen molar-refractivity contribution in [3.05, 3.63) is 79.9 Å². The van der Waals surface area contributed by atoms with Gasteiger partial charge in [0.05, 0.1) is 0 Å². The molecule has 5 rings (SSSR count). The first-order valence-corrected chi connectivity index (χ1v) is 19.3. The van der Waals surface area contributed by atoms with E-state index >= 15 is 0 Å². The standard InChI is InChI=1S/2C17H23.C2H4.2ClH.Ti/c2*1-6-13-7-15-9-14(11(2)3)10-16(12(4)5)17(15)8-13;1-2;;;/h2*7-12H,6H2,1-5H3;1-2H2;2*1H;/q;;;;;+2/p-2. The molecule has 2 aliphatic carbocycles. The van der Waals surface area contributed by atoms with Crippen LogP contribution in [0.5, 0.6) is 0 Å². The van der Waals surface area contributed by atoms with Gasteiger partial charge in [-0.25, -0.2) is 0 Å². The Kier molecular flexibility index (Phi) is 10.2. The summed E-state index contributed by atoms with van der Waals surface area (Å²) in [5, 5.41) is 0. The smallest absolute Gasteiger partial charge is 1.00 e. The van der Waals surface area contributed by atoms with E-state index in [1.807, 2.05) is 0 Å². The summed E-state index contributed by atoms with van der Waals surface area (Å²) in [5.41, 5.74) is 16.5. The Hall–Kier alpha value is -0.786. The Morgan fingerprint density at radius 3 is 1.21 bits per heavy atom. The molecule has 1 fully saturated rings. The largest absolute Gasteiger partial charge is 1.00 e. The second-order valence-electron chi connectivity index (χ2n) is 13.6. The van der Waals surface area contributed by atoms with E-state index in [9.17, 15) is 0 Å². The summed E-state index contributed by atoms with van der Waals surface area (Å²) in [6.45, 7) is 23.9. The van der Waals surface area contributed by atoms with Gasteiger partial charge in [-0.3, -0.25) is 0 Å². The molecule has 0 nitrogen and oxygen atoms in total.